The molecule has 1 amide bonds. The largest absolute Gasteiger partial charge is 0.299 e. The molecule has 0 unspecified atom stereocenters. The Morgan fingerprint density at radius 1 is 1.25 bits per heavy atom. The summed E-state index contributed by atoms with van der Waals surface area (Å²) in [6, 6.07) is 7.21. The maximum atomic E-state index is 12.1. The van der Waals surface area contributed by atoms with Crippen molar-refractivity contribution in [3.05, 3.63) is 57.8 Å². The highest BCUT2D eigenvalue weighted by Gasteiger charge is 2.37. The summed E-state index contributed by atoms with van der Waals surface area (Å²) in [7, 11) is 0. The first-order valence-electron chi connectivity index (χ1n) is 6.13. The molecule has 0 radical (unpaired) electrons. The molecule has 1 aliphatic rings. The van der Waals surface area contributed by atoms with E-state index in [4.69, 9.17) is 0 Å². The molecule has 0 fully saturated rings. The summed E-state index contributed by atoms with van der Waals surface area (Å²) >= 11 is 3.41. The second-order valence-corrected chi connectivity index (χ2v) is 5.58. The van der Waals surface area contributed by atoms with E-state index in [-0.39, 0.29) is 0 Å². The predicted octanol–water partition coefficient (Wildman–Crippen LogP) is 2.88. The average molecular weight is 331 g/mol. The highest BCUT2D eigenvalue weighted by atomic mass is 79.9. The van der Waals surface area contributed by atoms with Gasteiger partial charge >= 0.3 is 0 Å². The van der Waals surface area contributed by atoms with Gasteiger partial charge in [-0.15, -0.1) is 0 Å². The van der Waals surface area contributed by atoms with Gasteiger partial charge in [-0.3, -0.25) is 19.5 Å². The molecule has 0 bridgehead atoms. The predicted molar refractivity (Wildman–Crippen MR) is 78.6 cm³/mol. The Kier molecular flexibility index (Phi) is 3.14. The van der Waals surface area contributed by atoms with Gasteiger partial charge in [0.05, 0.1) is 17.8 Å². The number of rotatable bonds is 2. The molecule has 2 aromatic rings. The normalized spacial score (nSPS) is 13.8. The summed E-state index contributed by atoms with van der Waals surface area (Å²) in [5.41, 5.74) is 3.01. The molecule has 4 nitrogen and oxygen atoms in total. The van der Waals surface area contributed by atoms with Crippen LogP contribution in [0, 0.1) is 6.92 Å². The average Bonchev–Trinajstić information content (AvgIpc) is 2.66. The molecular weight excluding hydrogens is 320 g/mol. The van der Waals surface area contributed by atoms with Gasteiger partial charge in [0.15, 0.2) is 0 Å². The van der Waals surface area contributed by atoms with Crippen LogP contribution in [0.1, 0.15) is 21.5 Å². The Morgan fingerprint density at radius 2 is 2.05 bits per heavy atom. The van der Waals surface area contributed by atoms with Crippen molar-refractivity contribution in [2.75, 3.05) is 4.90 Å². The van der Waals surface area contributed by atoms with Crippen molar-refractivity contribution < 1.29 is 9.59 Å². The van der Waals surface area contributed by atoms with E-state index in [1.165, 1.54) is 4.90 Å². The molecule has 0 saturated heterocycles. The van der Waals surface area contributed by atoms with Crippen molar-refractivity contribution in [1.29, 1.82) is 0 Å². The Labute approximate surface area is 124 Å². The van der Waals surface area contributed by atoms with E-state index in [1.807, 2.05) is 19.1 Å². The second kappa shape index (κ2) is 4.83. The molecule has 20 heavy (non-hydrogen) atoms. The molecule has 1 aliphatic heterocycles. The minimum Gasteiger partial charge on any atom is -0.299 e. The van der Waals surface area contributed by atoms with Crippen molar-refractivity contribution in [3.8, 4) is 0 Å². The SMILES string of the molecule is Cc1cncc(CN2C(=O)C(=O)c3cccc(Br)c32)c1. The molecule has 0 atom stereocenters. The molecule has 2 heterocycles. The Bertz CT molecular complexity index is 728. The maximum Gasteiger partial charge on any atom is 0.299 e. The lowest BCUT2D eigenvalue weighted by Crippen LogP contribution is -2.29. The van der Waals surface area contributed by atoms with Crippen molar-refractivity contribution >= 4 is 33.3 Å². The van der Waals surface area contributed by atoms with Crippen LogP contribution in [0.3, 0.4) is 0 Å². The van der Waals surface area contributed by atoms with E-state index in [2.05, 4.69) is 20.9 Å². The molecule has 1 aromatic carbocycles. The van der Waals surface area contributed by atoms with Crippen LogP contribution >= 0.6 is 15.9 Å². The maximum absolute atomic E-state index is 12.1. The third kappa shape index (κ3) is 2.04. The second-order valence-electron chi connectivity index (χ2n) is 4.73. The standard InChI is InChI=1S/C15H11BrN2O2/c1-9-5-10(7-17-6-9)8-18-13-11(14(19)15(18)20)3-2-4-12(13)16/h2-7H,8H2,1H3. The number of Topliss-reactive ketones (excluding diaryl/α,β-unsaturated/α-hetero) is 1. The number of anilines is 1. The quantitative estimate of drug-likeness (QED) is 0.795. The number of para-hydroxylation sites is 1. The fourth-order valence-corrected chi connectivity index (χ4v) is 2.93. The molecular formula is C15H11BrN2O2. The van der Waals surface area contributed by atoms with Crippen LogP contribution in [0.5, 0.6) is 0 Å². The zero-order valence-corrected chi connectivity index (χ0v) is 12.3. The molecule has 0 spiro atoms. The first-order valence-corrected chi connectivity index (χ1v) is 6.92. The van der Waals surface area contributed by atoms with Gasteiger partial charge in [-0.2, -0.15) is 0 Å². The molecule has 1 aromatic heterocycles. The number of hydrogen-bond donors (Lipinski definition) is 0. The highest BCUT2D eigenvalue weighted by molar-refractivity contribution is 9.10. The molecule has 0 aliphatic carbocycles. The van der Waals surface area contributed by atoms with Gasteiger partial charge in [0.1, 0.15) is 0 Å². The number of nitrogens with zero attached hydrogens (tertiary/aromatic N) is 2. The number of carbonyl (C=O) groups excluding carboxylic acids is 2. The molecule has 5 heteroatoms. The number of aromatic nitrogens is 1. The van der Waals surface area contributed by atoms with Crippen molar-refractivity contribution in [2.45, 2.75) is 13.5 Å². The first-order chi connectivity index (χ1) is 9.58. The van der Waals surface area contributed by atoms with Crippen molar-refractivity contribution in [1.82, 2.24) is 4.98 Å². The fraction of sp³-hybridized carbons (Fsp3) is 0.133. The van der Waals surface area contributed by atoms with Gasteiger partial charge in [-0.05, 0) is 46.1 Å². The van der Waals surface area contributed by atoms with Crippen LogP contribution in [0.4, 0.5) is 5.69 Å². The lowest BCUT2D eigenvalue weighted by atomic mass is 10.1. The highest BCUT2D eigenvalue weighted by Crippen LogP contribution is 2.36. The summed E-state index contributed by atoms with van der Waals surface area (Å²) in [4.78, 5) is 29.7. The van der Waals surface area contributed by atoms with Crippen LogP contribution in [-0.4, -0.2) is 16.7 Å². The monoisotopic (exact) mass is 330 g/mol. The summed E-state index contributed by atoms with van der Waals surface area (Å²) in [6.07, 6.45) is 3.46. The van der Waals surface area contributed by atoms with Gasteiger partial charge < -0.3 is 0 Å². The molecule has 100 valence electrons. The number of ketones is 1. The van der Waals surface area contributed by atoms with Gasteiger partial charge in [0.2, 0.25) is 0 Å². The zero-order chi connectivity index (χ0) is 14.3. The van der Waals surface area contributed by atoms with Crippen molar-refractivity contribution in [2.24, 2.45) is 0 Å². The number of pyridine rings is 1. The fourth-order valence-electron chi connectivity index (χ4n) is 2.35. The van der Waals surface area contributed by atoms with Gasteiger partial charge in [-0.1, -0.05) is 12.1 Å². The lowest BCUT2D eigenvalue weighted by Gasteiger charge is -2.17. The number of carbonyl (C=O) groups is 2. The van der Waals surface area contributed by atoms with Gasteiger partial charge in [0, 0.05) is 16.9 Å². The zero-order valence-electron chi connectivity index (χ0n) is 10.8. The Hall–Kier alpha value is -2.01. The summed E-state index contributed by atoms with van der Waals surface area (Å²) < 4.78 is 0.745. The van der Waals surface area contributed by atoms with E-state index < -0.39 is 11.7 Å². The van der Waals surface area contributed by atoms with E-state index in [0.717, 1.165) is 15.6 Å². The number of benzene rings is 1. The minimum atomic E-state index is -0.492. The molecule has 3 rings (SSSR count). The smallest absolute Gasteiger partial charge is 0.299 e. The van der Waals surface area contributed by atoms with Gasteiger partial charge in [0.25, 0.3) is 11.7 Å². The van der Waals surface area contributed by atoms with Crippen LogP contribution in [0.2, 0.25) is 0 Å². The van der Waals surface area contributed by atoms with Crippen LogP contribution in [-0.2, 0) is 11.3 Å². The van der Waals surface area contributed by atoms with E-state index in [9.17, 15) is 9.59 Å². The van der Waals surface area contributed by atoms with Gasteiger partial charge in [-0.25, -0.2) is 0 Å². The number of amides is 1. The Balaban J connectivity index is 2.03. The van der Waals surface area contributed by atoms with Crippen LogP contribution < -0.4 is 4.90 Å². The third-order valence-electron chi connectivity index (χ3n) is 3.21. The van der Waals surface area contributed by atoms with Crippen molar-refractivity contribution in [3.63, 3.8) is 0 Å². The third-order valence-corrected chi connectivity index (χ3v) is 3.85. The number of aryl methyl sites for hydroxylation is 1. The number of halogens is 1. The minimum absolute atomic E-state index is 0.342. The van der Waals surface area contributed by atoms with E-state index >= 15 is 0 Å². The first kappa shape index (κ1) is 13.0. The van der Waals surface area contributed by atoms with E-state index in [1.54, 1.807) is 24.5 Å². The molecule has 0 N–H and O–H groups in total. The summed E-state index contributed by atoms with van der Waals surface area (Å²) in [5.74, 6) is -0.949. The number of hydrogen-bond acceptors (Lipinski definition) is 3. The topological polar surface area (TPSA) is 50.3 Å². The lowest BCUT2D eigenvalue weighted by molar-refractivity contribution is -0.114. The summed E-state index contributed by atoms with van der Waals surface area (Å²) in [5, 5.41) is 0. The van der Waals surface area contributed by atoms with Crippen LogP contribution in [0.25, 0.3) is 0 Å². The summed E-state index contributed by atoms with van der Waals surface area (Å²) in [6.45, 7) is 2.28. The van der Waals surface area contributed by atoms with E-state index in [0.29, 0.717) is 17.8 Å². The van der Waals surface area contributed by atoms with Crippen LogP contribution in [0.15, 0.2) is 41.1 Å². The molecule has 0 saturated carbocycles. The number of fused-ring (bicyclic) bond motifs is 1. The Morgan fingerprint density at radius 3 is 2.80 bits per heavy atom.